The van der Waals surface area contributed by atoms with E-state index in [0.29, 0.717) is 17.1 Å². The summed E-state index contributed by atoms with van der Waals surface area (Å²) < 4.78 is 47.1. The minimum absolute atomic E-state index is 0.0346. The average molecular weight is 368 g/mol. The molecule has 0 unspecified atom stereocenters. The third-order valence-corrected chi connectivity index (χ3v) is 3.35. The van der Waals surface area contributed by atoms with Crippen molar-refractivity contribution in [2.24, 2.45) is 0 Å². The Labute approximate surface area is 149 Å². The van der Waals surface area contributed by atoms with E-state index >= 15 is 0 Å². The van der Waals surface area contributed by atoms with Gasteiger partial charge in [-0.2, -0.15) is 13.2 Å². The van der Waals surface area contributed by atoms with Gasteiger partial charge in [0.2, 0.25) is 5.91 Å². The average Bonchev–Trinajstić information content (AvgIpc) is 2.59. The molecule has 8 heteroatoms. The topological polar surface area (TPSA) is 59.6 Å². The molecule has 0 aliphatic heterocycles. The second-order valence-corrected chi connectivity index (χ2v) is 5.51. The molecule has 2 aromatic carbocycles. The Morgan fingerprint density at radius 3 is 2.50 bits per heavy atom. The van der Waals surface area contributed by atoms with Gasteiger partial charge in [-0.25, -0.2) is 0 Å². The van der Waals surface area contributed by atoms with Crippen LogP contribution < -0.4 is 20.1 Å². The minimum atomic E-state index is -4.44. The Kier molecular flexibility index (Phi) is 6.32. The van der Waals surface area contributed by atoms with Gasteiger partial charge < -0.3 is 20.1 Å². The molecule has 0 radical (unpaired) electrons. The van der Waals surface area contributed by atoms with Gasteiger partial charge in [-0.15, -0.1) is 0 Å². The maximum Gasteiger partial charge on any atom is 0.422 e. The Morgan fingerprint density at radius 2 is 1.81 bits per heavy atom. The summed E-state index contributed by atoms with van der Waals surface area (Å²) in [5.74, 6) is 0.162. The molecule has 5 nitrogen and oxygen atoms in total. The maximum atomic E-state index is 12.4. The number of rotatable bonds is 7. The number of methoxy groups -OCH3 is 1. The van der Waals surface area contributed by atoms with E-state index in [4.69, 9.17) is 9.47 Å². The highest BCUT2D eigenvalue weighted by atomic mass is 19.4. The van der Waals surface area contributed by atoms with Crippen LogP contribution in [0.1, 0.15) is 5.56 Å². The van der Waals surface area contributed by atoms with E-state index in [1.807, 2.05) is 0 Å². The van der Waals surface area contributed by atoms with Gasteiger partial charge in [0.1, 0.15) is 11.5 Å². The van der Waals surface area contributed by atoms with E-state index in [0.717, 1.165) is 5.56 Å². The first-order valence-corrected chi connectivity index (χ1v) is 7.75. The number of hydrogen-bond donors (Lipinski definition) is 2. The highest BCUT2D eigenvalue weighted by Crippen LogP contribution is 2.28. The van der Waals surface area contributed by atoms with Gasteiger partial charge in [-0.1, -0.05) is 18.2 Å². The minimum Gasteiger partial charge on any atom is -0.495 e. The molecule has 2 rings (SSSR count). The number of halogens is 3. The standard InChI is InChI=1S/C18H19F3N2O3/c1-12-7-8-13(16(9-12)26-11-18(19,20)21)22-10-17(24)23-14-5-3-4-6-15(14)25-2/h3-9,22H,10-11H2,1-2H3,(H,23,24). The Hall–Kier alpha value is -2.90. The number of alkyl halides is 3. The quantitative estimate of drug-likeness (QED) is 0.776. The van der Waals surface area contributed by atoms with Crippen LogP contribution >= 0.6 is 0 Å². The van der Waals surface area contributed by atoms with Crippen molar-refractivity contribution >= 4 is 17.3 Å². The van der Waals surface area contributed by atoms with Crippen molar-refractivity contribution in [1.82, 2.24) is 0 Å². The molecule has 0 aliphatic rings. The second-order valence-electron chi connectivity index (χ2n) is 5.51. The molecule has 0 atom stereocenters. The zero-order valence-electron chi connectivity index (χ0n) is 14.3. The van der Waals surface area contributed by atoms with Crippen LogP contribution in [0.25, 0.3) is 0 Å². The first kappa shape index (κ1) is 19.4. The van der Waals surface area contributed by atoms with Crippen LogP contribution in [-0.4, -0.2) is 32.3 Å². The highest BCUT2D eigenvalue weighted by molar-refractivity contribution is 5.95. The van der Waals surface area contributed by atoms with Crippen LogP contribution in [0.5, 0.6) is 11.5 Å². The SMILES string of the molecule is COc1ccccc1NC(=O)CNc1ccc(C)cc1OCC(F)(F)F. The van der Waals surface area contributed by atoms with E-state index in [1.165, 1.54) is 13.2 Å². The van der Waals surface area contributed by atoms with Crippen molar-refractivity contribution in [3.63, 3.8) is 0 Å². The van der Waals surface area contributed by atoms with Crippen molar-refractivity contribution in [3.8, 4) is 11.5 Å². The molecule has 0 bridgehead atoms. The van der Waals surface area contributed by atoms with E-state index in [2.05, 4.69) is 10.6 Å². The zero-order chi connectivity index (χ0) is 19.2. The molecule has 0 aromatic heterocycles. The summed E-state index contributed by atoms with van der Waals surface area (Å²) in [6.45, 7) is 0.181. The number of hydrogen-bond acceptors (Lipinski definition) is 4. The van der Waals surface area contributed by atoms with Gasteiger partial charge in [0.05, 0.1) is 25.0 Å². The molecule has 0 heterocycles. The van der Waals surface area contributed by atoms with Gasteiger partial charge in [-0.3, -0.25) is 4.79 Å². The van der Waals surface area contributed by atoms with Crippen LogP contribution in [0.2, 0.25) is 0 Å². The number of para-hydroxylation sites is 2. The number of ether oxygens (including phenoxy) is 2. The Balaban J connectivity index is 2.01. The summed E-state index contributed by atoms with van der Waals surface area (Å²) >= 11 is 0. The molecular weight excluding hydrogens is 349 g/mol. The van der Waals surface area contributed by atoms with Gasteiger partial charge in [-0.05, 0) is 36.8 Å². The van der Waals surface area contributed by atoms with Gasteiger partial charge >= 0.3 is 6.18 Å². The Bertz CT molecular complexity index is 764. The lowest BCUT2D eigenvalue weighted by Gasteiger charge is -2.15. The predicted molar refractivity (Wildman–Crippen MR) is 92.8 cm³/mol. The molecule has 2 aromatic rings. The maximum absolute atomic E-state index is 12.4. The summed E-state index contributed by atoms with van der Waals surface area (Å²) in [5, 5.41) is 5.46. The molecular formula is C18H19F3N2O3. The van der Waals surface area contributed by atoms with Crippen molar-refractivity contribution in [2.45, 2.75) is 13.1 Å². The molecule has 140 valence electrons. The number of carbonyl (C=O) groups is 1. The molecule has 1 amide bonds. The number of amides is 1. The van der Waals surface area contributed by atoms with Crippen molar-refractivity contribution < 1.29 is 27.4 Å². The molecule has 0 saturated carbocycles. The third kappa shape index (κ3) is 5.87. The van der Waals surface area contributed by atoms with Crippen molar-refractivity contribution in [2.75, 3.05) is 30.9 Å². The van der Waals surface area contributed by atoms with E-state index in [1.54, 1.807) is 43.3 Å². The molecule has 0 spiro atoms. The zero-order valence-corrected chi connectivity index (χ0v) is 14.3. The highest BCUT2D eigenvalue weighted by Gasteiger charge is 2.28. The van der Waals surface area contributed by atoms with Crippen LogP contribution in [0.15, 0.2) is 42.5 Å². The van der Waals surface area contributed by atoms with E-state index in [-0.39, 0.29) is 18.2 Å². The molecule has 0 fully saturated rings. The van der Waals surface area contributed by atoms with Crippen molar-refractivity contribution in [3.05, 3.63) is 48.0 Å². The molecule has 26 heavy (non-hydrogen) atoms. The van der Waals surface area contributed by atoms with E-state index in [9.17, 15) is 18.0 Å². The fraction of sp³-hybridized carbons (Fsp3) is 0.278. The number of carbonyl (C=O) groups excluding carboxylic acids is 1. The smallest absolute Gasteiger partial charge is 0.422 e. The van der Waals surface area contributed by atoms with Crippen molar-refractivity contribution in [1.29, 1.82) is 0 Å². The summed E-state index contributed by atoms with van der Waals surface area (Å²) in [5.41, 5.74) is 1.54. The summed E-state index contributed by atoms with van der Waals surface area (Å²) in [6.07, 6.45) is -4.44. The molecule has 2 N–H and O–H groups in total. The fourth-order valence-corrected chi connectivity index (χ4v) is 2.17. The van der Waals surface area contributed by atoms with Crippen LogP contribution in [-0.2, 0) is 4.79 Å². The normalized spacial score (nSPS) is 11.0. The summed E-state index contributed by atoms with van der Waals surface area (Å²) in [6, 6.07) is 11.6. The van der Waals surface area contributed by atoms with Gasteiger partial charge in [0.15, 0.2) is 6.61 Å². The van der Waals surface area contributed by atoms with Crippen LogP contribution in [0.4, 0.5) is 24.5 Å². The van der Waals surface area contributed by atoms with Gasteiger partial charge in [0, 0.05) is 0 Å². The summed E-state index contributed by atoms with van der Waals surface area (Å²) in [7, 11) is 1.49. The second kappa shape index (κ2) is 8.46. The van der Waals surface area contributed by atoms with E-state index < -0.39 is 12.8 Å². The largest absolute Gasteiger partial charge is 0.495 e. The number of aryl methyl sites for hydroxylation is 1. The first-order chi connectivity index (χ1) is 12.3. The van der Waals surface area contributed by atoms with Crippen LogP contribution in [0.3, 0.4) is 0 Å². The number of nitrogens with one attached hydrogen (secondary N) is 2. The molecule has 0 aliphatic carbocycles. The predicted octanol–water partition coefficient (Wildman–Crippen LogP) is 4.00. The number of benzene rings is 2. The molecule has 0 saturated heterocycles. The lowest BCUT2D eigenvalue weighted by molar-refractivity contribution is -0.153. The first-order valence-electron chi connectivity index (χ1n) is 7.75. The van der Waals surface area contributed by atoms with Gasteiger partial charge in [0.25, 0.3) is 0 Å². The van der Waals surface area contributed by atoms with Crippen LogP contribution in [0, 0.1) is 6.92 Å². The Morgan fingerprint density at radius 1 is 1.08 bits per heavy atom. The fourth-order valence-electron chi connectivity index (χ4n) is 2.17. The third-order valence-electron chi connectivity index (χ3n) is 3.35. The lowest BCUT2D eigenvalue weighted by atomic mass is 10.2. The summed E-state index contributed by atoms with van der Waals surface area (Å²) in [4.78, 5) is 12.1. The monoisotopic (exact) mass is 368 g/mol. The number of anilines is 2. The lowest BCUT2D eigenvalue weighted by Crippen LogP contribution is -2.23.